The first kappa shape index (κ1) is 16.5. The summed E-state index contributed by atoms with van der Waals surface area (Å²) >= 11 is 0. The quantitative estimate of drug-likeness (QED) is 0.710. The van der Waals surface area contributed by atoms with E-state index in [2.05, 4.69) is 0 Å². The molecule has 2 heterocycles. The van der Waals surface area contributed by atoms with Gasteiger partial charge in [-0.05, 0) is 11.6 Å². The number of carbonyl (C=O) groups is 1. The lowest BCUT2D eigenvalue weighted by Gasteiger charge is -2.33. The maximum absolute atomic E-state index is 13.3. The van der Waals surface area contributed by atoms with Crippen molar-refractivity contribution in [2.45, 2.75) is 12.2 Å². The molecule has 6 heteroatoms. The molecular weight excluding hydrogens is 336 g/mol. The first-order valence-corrected chi connectivity index (χ1v) is 8.15. The molecular formula is C20H18O6. The number of ether oxygens (including phenoxy) is 4. The molecule has 0 saturated heterocycles. The summed E-state index contributed by atoms with van der Waals surface area (Å²) in [6.07, 6.45) is 0.158. The average molecular weight is 354 g/mol. The highest BCUT2D eigenvalue weighted by Crippen LogP contribution is 2.50. The topological polar surface area (TPSA) is 67.1 Å². The molecule has 0 radical (unpaired) electrons. The van der Waals surface area contributed by atoms with Crippen LogP contribution >= 0.6 is 0 Å². The fourth-order valence-corrected chi connectivity index (χ4v) is 3.43. The Hall–Kier alpha value is -2.99. The number of rotatable bonds is 4. The standard InChI is InChI=1S/C20H18O6/c1-22-18-13-14(21)19(23-2)15(11-7-5-4-6-8-11)26-16(13)12-9-10-25-17(12)20(18)24-3/h4-10,15,19H,1-3H3/t15-,19+/m1/s1. The molecule has 0 bridgehead atoms. The number of methoxy groups -OCH3 is 3. The molecule has 2 atom stereocenters. The number of benzene rings is 2. The van der Waals surface area contributed by atoms with Crippen LogP contribution in [0.4, 0.5) is 0 Å². The van der Waals surface area contributed by atoms with E-state index in [-0.39, 0.29) is 11.5 Å². The van der Waals surface area contributed by atoms with Gasteiger partial charge in [-0.25, -0.2) is 0 Å². The lowest BCUT2D eigenvalue weighted by Crippen LogP contribution is -2.38. The number of Topliss-reactive ketones (excluding diaryl/α,β-unsaturated/α-hetero) is 1. The van der Waals surface area contributed by atoms with Crippen LogP contribution in [0.2, 0.25) is 0 Å². The second-order valence-corrected chi connectivity index (χ2v) is 5.90. The van der Waals surface area contributed by atoms with Crippen LogP contribution in [0.1, 0.15) is 22.0 Å². The van der Waals surface area contributed by atoms with Gasteiger partial charge in [0.1, 0.15) is 11.3 Å². The summed E-state index contributed by atoms with van der Waals surface area (Å²) in [6, 6.07) is 11.3. The number of hydrogen-bond acceptors (Lipinski definition) is 6. The summed E-state index contributed by atoms with van der Waals surface area (Å²) in [7, 11) is 4.47. The summed E-state index contributed by atoms with van der Waals surface area (Å²) < 4.78 is 28.2. The molecule has 0 fully saturated rings. The fraction of sp³-hybridized carbons (Fsp3) is 0.250. The van der Waals surface area contributed by atoms with Crippen molar-refractivity contribution >= 4 is 16.8 Å². The highest BCUT2D eigenvalue weighted by Gasteiger charge is 2.43. The van der Waals surface area contributed by atoms with E-state index in [0.29, 0.717) is 28.0 Å². The smallest absolute Gasteiger partial charge is 0.205 e. The van der Waals surface area contributed by atoms with Gasteiger partial charge in [0.05, 0.1) is 25.9 Å². The Morgan fingerprint density at radius 3 is 2.35 bits per heavy atom. The Morgan fingerprint density at radius 2 is 1.69 bits per heavy atom. The summed E-state index contributed by atoms with van der Waals surface area (Å²) in [5.74, 6) is 0.833. The van der Waals surface area contributed by atoms with E-state index in [0.717, 1.165) is 5.56 Å². The molecule has 0 spiro atoms. The maximum atomic E-state index is 13.3. The van der Waals surface area contributed by atoms with Gasteiger partial charge in [0, 0.05) is 7.11 Å². The molecule has 6 nitrogen and oxygen atoms in total. The Labute approximate surface area is 150 Å². The van der Waals surface area contributed by atoms with Crippen molar-refractivity contribution in [3.63, 3.8) is 0 Å². The maximum Gasteiger partial charge on any atom is 0.205 e. The van der Waals surface area contributed by atoms with Crippen LogP contribution in [0.25, 0.3) is 11.0 Å². The zero-order chi connectivity index (χ0) is 18.3. The molecule has 2 aromatic carbocycles. The van der Waals surface area contributed by atoms with Crippen LogP contribution < -0.4 is 14.2 Å². The molecule has 134 valence electrons. The van der Waals surface area contributed by atoms with E-state index in [1.165, 1.54) is 27.6 Å². The summed E-state index contributed by atoms with van der Waals surface area (Å²) in [4.78, 5) is 13.3. The molecule has 0 unspecified atom stereocenters. The van der Waals surface area contributed by atoms with Crippen molar-refractivity contribution in [3.8, 4) is 17.2 Å². The molecule has 0 aliphatic carbocycles. The van der Waals surface area contributed by atoms with Crippen LogP contribution in [0.3, 0.4) is 0 Å². The van der Waals surface area contributed by atoms with Gasteiger partial charge in [-0.3, -0.25) is 4.79 Å². The molecule has 1 aliphatic rings. The monoisotopic (exact) mass is 354 g/mol. The van der Waals surface area contributed by atoms with Crippen molar-refractivity contribution in [1.82, 2.24) is 0 Å². The zero-order valence-electron chi connectivity index (χ0n) is 14.6. The van der Waals surface area contributed by atoms with Gasteiger partial charge in [0.15, 0.2) is 23.5 Å². The van der Waals surface area contributed by atoms with E-state index in [1.54, 1.807) is 6.07 Å². The Morgan fingerprint density at radius 1 is 0.962 bits per heavy atom. The predicted octanol–water partition coefficient (Wildman–Crippen LogP) is 3.78. The Kier molecular flexibility index (Phi) is 4.05. The van der Waals surface area contributed by atoms with E-state index < -0.39 is 12.2 Å². The number of ketones is 1. The van der Waals surface area contributed by atoms with Crippen molar-refractivity contribution < 1.29 is 28.2 Å². The molecule has 1 aliphatic heterocycles. The minimum Gasteiger partial charge on any atom is -0.492 e. The highest BCUT2D eigenvalue weighted by molar-refractivity contribution is 6.12. The number of carbonyl (C=O) groups excluding carboxylic acids is 1. The number of hydrogen-bond donors (Lipinski definition) is 0. The van der Waals surface area contributed by atoms with Crippen LogP contribution in [0, 0.1) is 0 Å². The highest BCUT2D eigenvalue weighted by atomic mass is 16.5. The molecule has 3 aromatic rings. The van der Waals surface area contributed by atoms with Gasteiger partial charge in [-0.15, -0.1) is 0 Å². The molecule has 4 rings (SSSR count). The van der Waals surface area contributed by atoms with E-state index in [4.69, 9.17) is 23.4 Å². The van der Waals surface area contributed by atoms with E-state index >= 15 is 0 Å². The molecule has 1 aromatic heterocycles. The van der Waals surface area contributed by atoms with E-state index in [1.807, 2.05) is 30.3 Å². The Bertz CT molecular complexity index is 959. The van der Waals surface area contributed by atoms with Crippen LogP contribution in [0.15, 0.2) is 47.1 Å². The van der Waals surface area contributed by atoms with Gasteiger partial charge < -0.3 is 23.4 Å². The van der Waals surface area contributed by atoms with Crippen molar-refractivity contribution in [2.24, 2.45) is 0 Å². The minimum atomic E-state index is -0.798. The lowest BCUT2D eigenvalue weighted by molar-refractivity contribution is -0.000401. The molecule has 0 amide bonds. The third kappa shape index (κ3) is 2.26. The Balaban J connectivity index is 1.99. The summed E-state index contributed by atoms with van der Waals surface area (Å²) in [5, 5.41) is 0.654. The van der Waals surface area contributed by atoms with Gasteiger partial charge in [0.25, 0.3) is 0 Å². The predicted molar refractivity (Wildman–Crippen MR) is 94.3 cm³/mol. The third-order valence-corrected chi connectivity index (χ3v) is 4.59. The van der Waals surface area contributed by atoms with Crippen molar-refractivity contribution in [1.29, 1.82) is 0 Å². The summed E-state index contributed by atoms with van der Waals surface area (Å²) in [5.41, 5.74) is 1.63. The summed E-state index contributed by atoms with van der Waals surface area (Å²) in [6.45, 7) is 0. The zero-order valence-corrected chi connectivity index (χ0v) is 14.6. The van der Waals surface area contributed by atoms with Gasteiger partial charge in [0.2, 0.25) is 11.5 Å². The molecule has 0 saturated carbocycles. The second-order valence-electron chi connectivity index (χ2n) is 5.90. The van der Waals surface area contributed by atoms with Crippen molar-refractivity contribution in [3.05, 3.63) is 53.8 Å². The van der Waals surface area contributed by atoms with Gasteiger partial charge >= 0.3 is 0 Å². The molecule has 26 heavy (non-hydrogen) atoms. The van der Waals surface area contributed by atoms with E-state index in [9.17, 15) is 4.79 Å². The fourth-order valence-electron chi connectivity index (χ4n) is 3.43. The van der Waals surface area contributed by atoms with Gasteiger partial charge in [-0.1, -0.05) is 30.3 Å². The van der Waals surface area contributed by atoms with Crippen LogP contribution in [0.5, 0.6) is 17.2 Å². The first-order chi connectivity index (χ1) is 12.7. The van der Waals surface area contributed by atoms with Crippen LogP contribution in [-0.2, 0) is 4.74 Å². The molecule has 0 N–H and O–H groups in total. The van der Waals surface area contributed by atoms with Crippen LogP contribution in [-0.4, -0.2) is 33.2 Å². The average Bonchev–Trinajstić information content (AvgIpc) is 3.17. The van der Waals surface area contributed by atoms with Gasteiger partial charge in [-0.2, -0.15) is 0 Å². The first-order valence-electron chi connectivity index (χ1n) is 8.15. The SMILES string of the molecule is COc1c2c(c3ccoc3c1OC)O[C@H](c1ccccc1)[C@@H](OC)C2=O. The largest absolute Gasteiger partial charge is 0.492 e. The number of fused-ring (bicyclic) bond motifs is 3. The third-order valence-electron chi connectivity index (χ3n) is 4.59. The minimum absolute atomic E-state index is 0.221. The number of furan rings is 1. The normalized spacial score (nSPS) is 19.1. The lowest BCUT2D eigenvalue weighted by atomic mass is 9.91. The van der Waals surface area contributed by atoms with Crippen molar-refractivity contribution in [2.75, 3.05) is 21.3 Å². The second kappa shape index (κ2) is 6.38.